The van der Waals surface area contributed by atoms with Crippen LogP contribution >= 0.6 is 11.6 Å². The van der Waals surface area contributed by atoms with Crippen LogP contribution in [0, 0.1) is 5.82 Å². The highest BCUT2D eigenvalue weighted by atomic mass is 35.5. The zero-order chi connectivity index (χ0) is 7.72. The van der Waals surface area contributed by atoms with Crippen molar-refractivity contribution in [2.75, 3.05) is 5.73 Å². The van der Waals surface area contributed by atoms with E-state index < -0.39 is 11.4 Å². The van der Waals surface area contributed by atoms with E-state index in [0.717, 1.165) is 6.20 Å². The maximum absolute atomic E-state index is 12.4. The average Bonchev–Trinajstić information content (AvgIpc) is 1.93. The summed E-state index contributed by atoms with van der Waals surface area (Å²) in [7, 11) is 0. The molecule has 54 valence electrons. The summed E-state index contributed by atoms with van der Waals surface area (Å²) in [5.74, 6) is -0.723. The molecule has 0 aliphatic rings. The van der Waals surface area contributed by atoms with Crippen LogP contribution in [0.2, 0.25) is 5.02 Å². The van der Waals surface area contributed by atoms with Crippen LogP contribution in [0.1, 0.15) is 0 Å². The number of H-pyrrole nitrogens is 1. The number of hydrogen-bond donors (Lipinski definition) is 2. The van der Waals surface area contributed by atoms with Gasteiger partial charge in [0, 0.05) is 6.20 Å². The summed E-state index contributed by atoms with van der Waals surface area (Å²) in [5.41, 5.74) is 4.20. The highest BCUT2D eigenvalue weighted by Crippen LogP contribution is 2.15. The second kappa shape index (κ2) is 2.30. The summed E-state index contributed by atoms with van der Waals surface area (Å²) >= 11 is 5.26. The molecule has 3 N–H and O–H groups in total. The summed E-state index contributed by atoms with van der Waals surface area (Å²) in [6.45, 7) is 0. The Labute approximate surface area is 60.6 Å². The van der Waals surface area contributed by atoms with Gasteiger partial charge in [0.1, 0.15) is 10.7 Å². The smallest absolute Gasteiger partial charge is 0.272 e. The number of aromatic nitrogens is 1. The number of hydrogen-bond acceptors (Lipinski definition) is 2. The first-order valence-electron chi connectivity index (χ1n) is 2.45. The van der Waals surface area contributed by atoms with Gasteiger partial charge in [0.15, 0.2) is 5.82 Å². The first kappa shape index (κ1) is 7.08. The third-order valence-corrected chi connectivity index (χ3v) is 1.40. The molecule has 0 saturated heterocycles. The van der Waals surface area contributed by atoms with Crippen LogP contribution < -0.4 is 11.3 Å². The van der Waals surface area contributed by atoms with Gasteiger partial charge in [0.05, 0.1) is 0 Å². The molecule has 0 radical (unpaired) electrons. The van der Waals surface area contributed by atoms with Crippen LogP contribution in [0.4, 0.5) is 10.1 Å². The number of pyridine rings is 1. The van der Waals surface area contributed by atoms with Gasteiger partial charge in [0.2, 0.25) is 0 Å². The fourth-order valence-electron chi connectivity index (χ4n) is 0.498. The van der Waals surface area contributed by atoms with Crippen LogP contribution in [-0.4, -0.2) is 4.98 Å². The molecule has 0 saturated carbocycles. The minimum Gasteiger partial charge on any atom is -0.393 e. The zero-order valence-corrected chi connectivity index (χ0v) is 5.57. The highest BCUT2D eigenvalue weighted by molar-refractivity contribution is 6.33. The summed E-state index contributed by atoms with van der Waals surface area (Å²) in [6.07, 6.45) is 0.862. The van der Waals surface area contributed by atoms with Crippen LogP contribution in [0.5, 0.6) is 0 Å². The van der Waals surface area contributed by atoms with E-state index in [-0.39, 0.29) is 10.7 Å². The number of rotatable bonds is 0. The van der Waals surface area contributed by atoms with Crippen LogP contribution in [0.3, 0.4) is 0 Å². The normalized spacial score (nSPS) is 9.80. The van der Waals surface area contributed by atoms with Crippen molar-refractivity contribution in [3.8, 4) is 0 Å². The van der Waals surface area contributed by atoms with Gasteiger partial charge in [-0.05, 0) is 0 Å². The summed E-state index contributed by atoms with van der Waals surface area (Å²) in [5, 5.41) is -0.330. The lowest BCUT2D eigenvalue weighted by Gasteiger charge is -1.94. The molecule has 1 aromatic rings. The number of aromatic amines is 1. The van der Waals surface area contributed by atoms with E-state index in [9.17, 15) is 9.18 Å². The van der Waals surface area contributed by atoms with Gasteiger partial charge < -0.3 is 10.7 Å². The Balaban J connectivity index is 3.49. The monoisotopic (exact) mass is 162 g/mol. The van der Waals surface area contributed by atoms with Crippen molar-refractivity contribution < 1.29 is 4.39 Å². The summed E-state index contributed by atoms with van der Waals surface area (Å²) in [4.78, 5) is 12.6. The lowest BCUT2D eigenvalue weighted by atomic mass is 10.4. The molecule has 0 aliphatic carbocycles. The topological polar surface area (TPSA) is 58.9 Å². The SMILES string of the molecule is Nc1c(Cl)c(F)c[nH]c1=O. The molecule has 1 heterocycles. The second-order valence-corrected chi connectivity index (χ2v) is 2.07. The third kappa shape index (κ3) is 0.974. The Hall–Kier alpha value is -1.03. The largest absolute Gasteiger partial charge is 0.393 e. The molecule has 0 atom stereocenters. The van der Waals surface area contributed by atoms with E-state index in [2.05, 4.69) is 4.98 Å². The van der Waals surface area contributed by atoms with E-state index in [1.54, 1.807) is 0 Å². The lowest BCUT2D eigenvalue weighted by Crippen LogP contribution is -2.12. The average molecular weight is 163 g/mol. The Morgan fingerprint density at radius 1 is 1.70 bits per heavy atom. The van der Waals surface area contributed by atoms with Gasteiger partial charge in [0.25, 0.3) is 5.56 Å². The zero-order valence-electron chi connectivity index (χ0n) is 4.82. The highest BCUT2D eigenvalue weighted by Gasteiger charge is 2.05. The number of nitrogen functional groups attached to an aromatic ring is 1. The van der Waals surface area contributed by atoms with Crippen LogP contribution in [0.15, 0.2) is 11.0 Å². The molecule has 0 fully saturated rings. The Bertz CT molecular complexity index is 309. The Morgan fingerprint density at radius 3 is 2.80 bits per heavy atom. The molecule has 0 aliphatic heterocycles. The van der Waals surface area contributed by atoms with Crippen molar-refractivity contribution in [1.29, 1.82) is 0 Å². The quantitative estimate of drug-likeness (QED) is 0.592. The van der Waals surface area contributed by atoms with E-state index in [1.165, 1.54) is 0 Å². The molecule has 1 rings (SSSR count). The van der Waals surface area contributed by atoms with Gasteiger partial charge in [-0.25, -0.2) is 4.39 Å². The van der Waals surface area contributed by atoms with Gasteiger partial charge in [-0.15, -0.1) is 0 Å². The van der Waals surface area contributed by atoms with Gasteiger partial charge in [-0.2, -0.15) is 0 Å². The lowest BCUT2D eigenvalue weighted by molar-refractivity contribution is 0.621. The number of nitrogens with two attached hydrogens (primary N) is 1. The van der Waals surface area contributed by atoms with Crippen molar-refractivity contribution in [2.45, 2.75) is 0 Å². The van der Waals surface area contributed by atoms with Crippen molar-refractivity contribution in [3.63, 3.8) is 0 Å². The van der Waals surface area contributed by atoms with Gasteiger partial charge in [-0.3, -0.25) is 4.79 Å². The molecule has 3 nitrogen and oxygen atoms in total. The van der Waals surface area contributed by atoms with Crippen molar-refractivity contribution in [1.82, 2.24) is 4.98 Å². The van der Waals surface area contributed by atoms with E-state index in [0.29, 0.717) is 0 Å². The molecule has 5 heteroatoms. The first-order valence-corrected chi connectivity index (χ1v) is 2.83. The van der Waals surface area contributed by atoms with Gasteiger partial charge in [-0.1, -0.05) is 11.6 Å². The maximum Gasteiger partial charge on any atom is 0.272 e. The fourth-order valence-corrected chi connectivity index (χ4v) is 0.639. The first-order chi connectivity index (χ1) is 4.63. The molecule has 10 heavy (non-hydrogen) atoms. The maximum atomic E-state index is 12.4. The predicted octanol–water partition coefficient (Wildman–Crippen LogP) is 0.750. The number of nitrogens with one attached hydrogen (secondary N) is 1. The van der Waals surface area contributed by atoms with E-state index in [1.807, 2.05) is 0 Å². The predicted molar refractivity (Wildman–Crippen MR) is 36.4 cm³/mol. The molecule has 0 aromatic carbocycles. The standard InChI is InChI=1S/C5H4ClFN2O/c6-3-2(7)1-9-5(10)4(3)8/h1H,8H2,(H,9,10). The molecule has 1 aromatic heterocycles. The fraction of sp³-hybridized carbons (Fsp3) is 0. The molecule has 0 unspecified atom stereocenters. The molecule has 0 amide bonds. The van der Waals surface area contributed by atoms with Crippen molar-refractivity contribution in [3.05, 3.63) is 27.4 Å². The number of anilines is 1. The number of halogens is 2. The van der Waals surface area contributed by atoms with Crippen molar-refractivity contribution >= 4 is 17.3 Å². The summed E-state index contributed by atoms with van der Waals surface area (Å²) < 4.78 is 12.4. The van der Waals surface area contributed by atoms with Crippen molar-refractivity contribution in [2.24, 2.45) is 0 Å². The molecular weight excluding hydrogens is 159 g/mol. The third-order valence-electron chi connectivity index (χ3n) is 1.02. The van der Waals surface area contributed by atoms with Crippen LogP contribution in [0.25, 0.3) is 0 Å². The Kier molecular flexibility index (Phi) is 1.63. The molecule has 0 spiro atoms. The molecular formula is C5H4ClFN2O. The minimum absolute atomic E-state index is 0.290. The Morgan fingerprint density at radius 2 is 2.30 bits per heavy atom. The van der Waals surface area contributed by atoms with Gasteiger partial charge >= 0.3 is 0 Å². The minimum atomic E-state index is -0.723. The summed E-state index contributed by atoms with van der Waals surface area (Å²) in [6, 6.07) is 0. The van der Waals surface area contributed by atoms with Crippen LogP contribution in [-0.2, 0) is 0 Å². The second-order valence-electron chi connectivity index (χ2n) is 1.69. The molecule has 0 bridgehead atoms. The van der Waals surface area contributed by atoms with E-state index in [4.69, 9.17) is 17.3 Å². The van der Waals surface area contributed by atoms with E-state index >= 15 is 0 Å².